The number of nitrogens with one attached hydrogen (secondary N) is 1. The van der Waals surface area contributed by atoms with Crippen molar-refractivity contribution in [2.75, 3.05) is 30.7 Å². The minimum atomic E-state index is 0.385. The zero-order valence-corrected chi connectivity index (χ0v) is 9.69. The van der Waals surface area contributed by atoms with Gasteiger partial charge in [0.15, 0.2) is 0 Å². The Morgan fingerprint density at radius 2 is 2.12 bits per heavy atom. The Labute approximate surface area is 96.0 Å². The average molecular weight is 221 g/mol. The van der Waals surface area contributed by atoms with E-state index in [4.69, 9.17) is 5.73 Å². The molecule has 1 saturated heterocycles. The fraction of sp³-hybridized carbons (Fsp3) is 0.636. The van der Waals surface area contributed by atoms with Gasteiger partial charge in [-0.25, -0.2) is 0 Å². The normalized spacial score (nSPS) is 18.6. The van der Waals surface area contributed by atoms with Crippen molar-refractivity contribution in [1.82, 2.24) is 15.1 Å². The summed E-state index contributed by atoms with van der Waals surface area (Å²) in [5.74, 6) is 1.25. The lowest BCUT2D eigenvalue weighted by atomic mass is 10.3. The van der Waals surface area contributed by atoms with Gasteiger partial charge in [0.25, 0.3) is 0 Å². The van der Waals surface area contributed by atoms with Crippen LogP contribution in [0, 0.1) is 0 Å². The van der Waals surface area contributed by atoms with Crippen molar-refractivity contribution in [3.05, 3.63) is 12.1 Å². The first-order valence-corrected chi connectivity index (χ1v) is 5.82. The maximum Gasteiger partial charge on any atom is 0.149 e. The van der Waals surface area contributed by atoms with Crippen molar-refractivity contribution in [2.45, 2.75) is 25.8 Å². The molecule has 0 spiro atoms. The highest BCUT2D eigenvalue weighted by Gasteiger charge is 2.14. The van der Waals surface area contributed by atoms with Crippen LogP contribution in [-0.4, -0.2) is 40.8 Å². The summed E-state index contributed by atoms with van der Waals surface area (Å²) in [6, 6.07) is 4.01. The molecule has 0 bridgehead atoms. The van der Waals surface area contributed by atoms with E-state index in [9.17, 15) is 0 Å². The predicted molar refractivity (Wildman–Crippen MR) is 65.2 cm³/mol. The van der Waals surface area contributed by atoms with Crippen LogP contribution in [0.15, 0.2) is 12.1 Å². The molecule has 0 aliphatic carbocycles. The van der Waals surface area contributed by atoms with Gasteiger partial charge in [0.05, 0.1) is 0 Å². The summed E-state index contributed by atoms with van der Waals surface area (Å²) in [5, 5.41) is 11.1. The van der Waals surface area contributed by atoms with Crippen LogP contribution in [0.3, 0.4) is 0 Å². The minimum absolute atomic E-state index is 0.385. The quantitative estimate of drug-likeness (QED) is 0.792. The van der Waals surface area contributed by atoms with Crippen molar-refractivity contribution >= 4 is 11.6 Å². The van der Waals surface area contributed by atoms with E-state index < -0.39 is 0 Å². The minimum Gasteiger partial charge on any atom is -0.382 e. The highest BCUT2D eigenvalue weighted by Crippen LogP contribution is 2.10. The fourth-order valence-corrected chi connectivity index (χ4v) is 2.07. The molecule has 1 atom stereocenters. The van der Waals surface area contributed by atoms with Gasteiger partial charge in [0.2, 0.25) is 0 Å². The van der Waals surface area contributed by atoms with Crippen LogP contribution < -0.4 is 11.1 Å². The summed E-state index contributed by atoms with van der Waals surface area (Å²) < 4.78 is 0. The number of rotatable bonds is 4. The summed E-state index contributed by atoms with van der Waals surface area (Å²) in [6.45, 7) is 5.67. The number of nitrogen functional groups attached to an aromatic ring is 1. The Hall–Kier alpha value is -1.36. The molecule has 1 aromatic rings. The standard InChI is InChI=1S/C11H19N5/c1-9(8-16-6-2-3-7-16)13-11-5-4-10(12)14-15-11/h4-5,9H,2-3,6-8H2,1H3,(H2,12,14)(H,13,15). The smallest absolute Gasteiger partial charge is 0.149 e. The van der Waals surface area contributed by atoms with Crippen LogP contribution in [0.5, 0.6) is 0 Å². The summed E-state index contributed by atoms with van der Waals surface area (Å²) in [6.07, 6.45) is 2.66. The highest BCUT2D eigenvalue weighted by molar-refractivity contribution is 5.39. The van der Waals surface area contributed by atoms with Crippen LogP contribution in [0.2, 0.25) is 0 Å². The van der Waals surface area contributed by atoms with Gasteiger partial charge in [0.1, 0.15) is 11.6 Å². The number of nitrogens with zero attached hydrogens (tertiary/aromatic N) is 3. The molecule has 2 rings (SSSR count). The number of anilines is 2. The highest BCUT2D eigenvalue weighted by atomic mass is 15.2. The molecule has 3 N–H and O–H groups in total. The van der Waals surface area contributed by atoms with Gasteiger partial charge in [-0.2, -0.15) is 0 Å². The Kier molecular flexibility index (Phi) is 3.56. The third-order valence-electron chi connectivity index (χ3n) is 2.81. The fourth-order valence-electron chi connectivity index (χ4n) is 2.07. The van der Waals surface area contributed by atoms with E-state index in [2.05, 4.69) is 27.3 Å². The van der Waals surface area contributed by atoms with E-state index >= 15 is 0 Å². The van der Waals surface area contributed by atoms with E-state index in [1.165, 1.54) is 25.9 Å². The number of likely N-dealkylation sites (tertiary alicyclic amines) is 1. The number of nitrogens with two attached hydrogens (primary N) is 1. The molecule has 2 heterocycles. The third-order valence-corrected chi connectivity index (χ3v) is 2.81. The Morgan fingerprint density at radius 3 is 2.75 bits per heavy atom. The molecule has 1 aliphatic heterocycles. The van der Waals surface area contributed by atoms with E-state index in [-0.39, 0.29) is 0 Å². The van der Waals surface area contributed by atoms with Gasteiger partial charge in [-0.05, 0) is 45.0 Å². The summed E-state index contributed by atoms with van der Waals surface area (Å²) >= 11 is 0. The van der Waals surface area contributed by atoms with E-state index in [1.807, 2.05) is 6.07 Å². The lowest BCUT2D eigenvalue weighted by Crippen LogP contribution is -2.33. The third kappa shape index (κ3) is 3.06. The van der Waals surface area contributed by atoms with Gasteiger partial charge < -0.3 is 16.0 Å². The van der Waals surface area contributed by atoms with Gasteiger partial charge in [-0.1, -0.05) is 0 Å². The van der Waals surface area contributed by atoms with E-state index in [0.717, 1.165) is 12.4 Å². The topological polar surface area (TPSA) is 67.1 Å². The van der Waals surface area contributed by atoms with Crippen molar-refractivity contribution in [2.24, 2.45) is 0 Å². The van der Waals surface area contributed by atoms with Crippen LogP contribution in [-0.2, 0) is 0 Å². The lowest BCUT2D eigenvalue weighted by Gasteiger charge is -2.21. The van der Waals surface area contributed by atoms with E-state index in [0.29, 0.717) is 11.9 Å². The zero-order valence-electron chi connectivity index (χ0n) is 9.69. The molecule has 1 aromatic heterocycles. The molecule has 1 fully saturated rings. The van der Waals surface area contributed by atoms with Crippen LogP contribution in [0.25, 0.3) is 0 Å². The molecule has 1 aliphatic rings. The summed E-state index contributed by atoms with van der Waals surface area (Å²) in [4.78, 5) is 2.47. The first kappa shape index (κ1) is 11.1. The molecular formula is C11H19N5. The number of hydrogen-bond donors (Lipinski definition) is 2. The second-order valence-corrected chi connectivity index (χ2v) is 4.40. The summed E-state index contributed by atoms with van der Waals surface area (Å²) in [5.41, 5.74) is 5.48. The SMILES string of the molecule is CC(CN1CCCC1)Nc1ccc(N)nn1. The molecule has 1 unspecified atom stereocenters. The Bertz CT molecular complexity index is 318. The lowest BCUT2D eigenvalue weighted by molar-refractivity contribution is 0.327. The van der Waals surface area contributed by atoms with Gasteiger partial charge in [-0.3, -0.25) is 0 Å². The average Bonchev–Trinajstić information content (AvgIpc) is 2.74. The molecule has 5 nitrogen and oxygen atoms in total. The van der Waals surface area contributed by atoms with Crippen molar-refractivity contribution in [3.8, 4) is 0 Å². The van der Waals surface area contributed by atoms with Crippen molar-refractivity contribution in [1.29, 1.82) is 0 Å². The van der Waals surface area contributed by atoms with Crippen LogP contribution >= 0.6 is 0 Å². The van der Waals surface area contributed by atoms with Crippen LogP contribution in [0.1, 0.15) is 19.8 Å². The monoisotopic (exact) mass is 221 g/mol. The predicted octanol–water partition coefficient (Wildman–Crippen LogP) is 0.955. The second kappa shape index (κ2) is 5.12. The second-order valence-electron chi connectivity index (χ2n) is 4.40. The Balaban J connectivity index is 1.81. The molecular weight excluding hydrogens is 202 g/mol. The van der Waals surface area contributed by atoms with Crippen LogP contribution in [0.4, 0.5) is 11.6 Å². The molecule has 88 valence electrons. The van der Waals surface area contributed by atoms with E-state index in [1.54, 1.807) is 6.07 Å². The van der Waals surface area contributed by atoms with Gasteiger partial charge in [0, 0.05) is 12.6 Å². The number of aromatic nitrogens is 2. The first-order chi connectivity index (χ1) is 7.74. The first-order valence-electron chi connectivity index (χ1n) is 5.82. The molecule has 0 radical (unpaired) electrons. The van der Waals surface area contributed by atoms with Crippen molar-refractivity contribution < 1.29 is 0 Å². The van der Waals surface area contributed by atoms with Crippen molar-refractivity contribution in [3.63, 3.8) is 0 Å². The molecule has 0 saturated carbocycles. The Morgan fingerprint density at radius 1 is 1.38 bits per heavy atom. The zero-order chi connectivity index (χ0) is 11.4. The molecule has 16 heavy (non-hydrogen) atoms. The number of hydrogen-bond acceptors (Lipinski definition) is 5. The molecule has 0 aromatic carbocycles. The summed E-state index contributed by atoms with van der Waals surface area (Å²) in [7, 11) is 0. The largest absolute Gasteiger partial charge is 0.382 e. The van der Waals surface area contributed by atoms with Gasteiger partial charge >= 0.3 is 0 Å². The molecule has 5 heteroatoms. The maximum atomic E-state index is 5.48. The van der Waals surface area contributed by atoms with Gasteiger partial charge in [-0.15, -0.1) is 10.2 Å². The molecule has 0 amide bonds. The maximum absolute atomic E-state index is 5.48.